The predicted octanol–water partition coefficient (Wildman–Crippen LogP) is 3.58. The molecule has 2 rings (SSSR count). The maximum atomic E-state index is 9.56. The number of aliphatic hydroxyl groups excluding tert-OH is 1. The molecule has 2 fully saturated rings. The molecule has 3 nitrogen and oxygen atoms in total. The highest BCUT2D eigenvalue weighted by Crippen LogP contribution is 2.43. The molecule has 1 aliphatic heterocycles. The van der Waals surface area contributed by atoms with Crippen molar-refractivity contribution in [3.8, 4) is 6.07 Å². The predicted molar refractivity (Wildman–Crippen MR) is 85.7 cm³/mol. The first-order chi connectivity index (χ1) is 9.97. The van der Waals surface area contributed by atoms with E-state index in [1.165, 1.54) is 25.7 Å². The summed E-state index contributed by atoms with van der Waals surface area (Å²) in [4.78, 5) is 2.63. The Kier molecular flexibility index (Phi) is 5.68. The third-order valence-corrected chi connectivity index (χ3v) is 5.75. The average molecular weight is 292 g/mol. The number of likely N-dealkylation sites (tertiary alicyclic amines) is 1. The summed E-state index contributed by atoms with van der Waals surface area (Å²) in [6.45, 7) is 8.47. The van der Waals surface area contributed by atoms with Gasteiger partial charge in [0, 0.05) is 18.7 Å². The Bertz CT molecular complexity index is 368. The summed E-state index contributed by atoms with van der Waals surface area (Å²) in [6.07, 6.45) is 7.93. The van der Waals surface area contributed by atoms with Gasteiger partial charge in [0.2, 0.25) is 0 Å². The Labute approximate surface area is 130 Å². The number of nitriles is 1. The van der Waals surface area contributed by atoms with Crippen LogP contribution in [0.4, 0.5) is 0 Å². The molecule has 0 bridgehead atoms. The molecule has 0 radical (unpaired) electrons. The summed E-state index contributed by atoms with van der Waals surface area (Å²) < 4.78 is 0. The standard InChI is InChI=1S/C18H32N2O/c1-18(2,3)15-9-8-14(13-19)17(12-15)20-10-4-6-16(20)7-5-11-21/h14-17,21H,4-12H2,1-3H3. The van der Waals surface area contributed by atoms with E-state index in [1.54, 1.807) is 0 Å². The summed E-state index contributed by atoms with van der Waals surface area (Å²) in [5.41, 5.74) is 0.346. The molecule has 1 saturated heterocycles. The normalized spacial score (nSPS) is 34.8. The van der Waals surface area contributed by atoms with Crippen LogP contribution in [0.15, 0.2) is 0 Å². The van der Waals surface area contributed by atoms with Crippen molar-refractivity contribution in [2.45, 2.75) is 77.8 Å². The Morgan fingerprint density at radius 2 is 2.00 bits per heavy atom. The highest BCUT2D eigenvalue weighted by atomic mass is 16.2. The monoisotopic (exact) mass is 292 g/mol. The molecule has 4 unspecified atom stereocenters. The summed E-state index contributed by atoms with van der Waals surface area (Å²) in [5, 5.41) is 18.7. The van der Waals surface area contributed by atoms with Crippen molar-refractivity contribution in [3.05, 3.63) is 0 Å². The van der Waals surface area contributed by atoms with Gasteiger partial charge < -0.3 is 5.11 Å². The molecule has 0 spiro atoms. The zero-order valence-electron chi connectivity index (χ0n) is 14.0. The molecular formula is C18H32N2O. The Hall–Kier alpha value is -0.590. The summed E-state index contributed by atoms with van der Waals surface area (Å²) >= 11 is 0. The SMILES string of the molecule is CC(C)(C)C1CCC(C#N)C(N2CCCC2CCCO)C1. The van der Waals surface area contributed by atoms with Crippen LogP contribution >= 0.6 is 0 Å². The van der Waals surface area contributed by atoms with Crippen LogP contribution in [0, 0.1) is 28.6 Å². The van der Waals surface area contributed by atoms with Gasteiger partial charge in [-0.1, -0.05) is 20.8 Å². The lowest BCUT2D eigenvalue weighted by atomic mass is 9.67. The van der Waals surface area contributed by atoms with Crippen LogP contribution in [0.5, 0.6) is 0 Å². The molecule has 0 aromatic rings. The molecule has 4 atom stereocenters. The smallest absolute Gasteiger partial charge is 0.0672 e. The molecule has 1 saturated carbocycles. The zero-order chi connectivity index (χ0) is 15.5. The Morgan fingerprint density at radius 1 is 1.24 bits per heavy atom. The Morgan fingerprint density at radius 3 is 2.62 bits per heavy atom. The number of rotatable bonds is 4. The largest absolute Gasteiger partial charge is 0.396 e. The lowest BCUT2D eigenvalue weighted by molar-refractivity contribution is 0.0493. The fourth-order valence-electron chi connectivity index (χ4n) is 4.38. The fraction of sp³-hybridized carbons (Fsp3) is 0.944. The fourth-order valence-corrected chi connectivity index (χ4v) is 4.38. The van der Waals surface area contributed by atoms with Crippen LogP contribution in [0.25, 0.3) is 0 Å². The van der Waals surface area contributed by atoms with E-state index in [9.17, 15) is 5.26 Å². The molecule has 1 N–H and O–H groups in total. The molecule has 120 valence electrons. The van der Waals surface area contributed by atoms with Crippen LogP contribution in [-0.4, -0.2) is 35.2 Å². The first kappa shape index (κ1) is 16.8. The number of aliphatic hydroxyl groups is 1. The maximum Gasteiger partial charge on any atom is 0.0672 e. The van der Waals surface area contributed by atoms with Crippen molar-refractivity contribution in [2.24, 2.45) is 17.3 Å². The molecule has 1 heterocycles. The van der Waals surface area contributed by atoms with E-state index in [0.717, 1.165) is 31.7 Å². The van der Waals surface area contributed by atoms with E-state index in [1.807, 2.05) is 0 Å². The van der Waals surface area contributed by atoms with Crippen molar-refractivity contribution in [3.63, 3.8) is 0 Å². The van der Waals surface area contributed by atoms with Crippen LogP contribution in [0.2, 0.25) is 0 Å². The highest BCUT2D eigenvalue weighted by Gasteiger charge is 2.41. The van der Waals surface area contributed by atoms with Crippen LogP contribution in [-0.2, 0) is 0 Å². The van der Waals surface area contributed by atoms with Crippen molar-refractivity contribution in [1.29, 1.82) is 5.26 Å². The first-order valence-electron chi connectivity index (χ1n) is 8.73. The van der Waals surface area contributed by atoms with Gasteiger partial charge in [-0.15, -0.1) is 0 Å². The van der Waals surface area contributed by atoms with Gasteiger partial charge in [-0.3, -0.25) is 4.90 Å². The number of nitrogens with zero attached hydrogens (tertiary/aromatic N) is 2. The quantitative estimate of drug-likeness (QED) is 0.861. The van der Waals surface area contributed by atoms with Gasteiger partial charge in [0.05, 0.1) is 12.0 Å². The minimum absolute atomic E-state index is 0.207. The average Bonchev–Trinajstić information content (AvgIpc) is 2.91. The van der Waals surface area contributed by atoms with Crippen LogP contribution < -0.4 is 0 Å². The zero-order valence-corrected chi connectivity index (χ0v) is 14.0. The van der Waals surface area contributed by atoms with Gasteiger partial charge in [-0.2, -0.15) is 5.26 Å². The van der Waals surface area contributed by atoms with Gasteiger partial charge in [0.25, 0.3) is 0 Å². The van der Waals surface area contributed by atoms with E-state index >= 15 is 0 Å². The van der Waals surface area contributed by atoms with Crippen molar-refractivity contribution >= 4 is 0 Å². The second-order valence-corrected chi connectivity index (χ2v) is 8.08. The number of hydrogen-bond donors (Lipinski definition) is 1. The van der Waals surface area contributed by atoms with Crippen molar-refractivity contribution in [2.75, 3.05) is 13.2 Å². The molecule has 2 aliphatic rings. The third kappa shape index (κ3) is 3.99. The summed E-state index contributed by atoms with van der Waals surface area (Å²) in [7, 11) is 0. The first-order valence-corrected chi connectivity index (χ1v) is 8.73. The van der Waals surface area contributed by atoms with E-state index in [2.05, 4.69) is 31.7 Å². The maximum absolute atomic E-state index is 9.56. The minimum Gasteiger partial charge on any atom is -0.396 e. The minimum atomic E-state index is 0.207. The molecule has 21 heavy (non-hydrogen) atoms. The molecule has 0 aromatic carbocycles. The molecule has 0 aromatic heterocycles. The highest BCUT2D eigenvalue weighted by molar-refractivity contribution is 5.01. The molecule has 1 aliphatic carbocycles. The molecule has 0 amide bonds. The Balaban J connectivity index is 2.08. The van der Waals surface area contributed by atoms with Gasteiger partial charge in [-0.05, 0) is 62.8 Å². The van der Waals surface area contributed by atoms with E-state index in [-0.39, 0.29) is 5.92 Å². The summed E-state index contributed by atoms with van der Waals surface area (Å²) in [6, 6.07) is 3.63. The third-order valence-electron chi connectivity index (χ3n) is 5.75. The number of hydrogen-bond acceptors (Lipinski definition) is 3. The second-order valence-electron chi connectivity index (χ2n) is 8.08. The van der Waals surface area contributed by atoms with E-state index in [4.69, 9.17) is 5.11 Å². The van der Waals surface area contributed by atoms with E-state index < -0.39 is 0 Å². The van der Waals surface area contributed by atoms with Gasteiger partial charge >= 0.3 is 0 Å². The van der Waals surface area contributed by atoms with E-state index in [0.29, 0.717) is 24.1 Å². The topological polar surface area (TPSA) is 47.3 Å². The summed E-state index contributed by atoms with van der Waals surface area (Å²) in [5.74, 6) is 0.935. The molecule has 3 heteroatoms. The van der Waals surface area contributed by atoms with Gasteiger partial charge in [-0.25, -0.2) is 0 Å². The van der Waals surface area contributed by atoms with Crippen LogP contribution in [0.1, 0.15) is 65.7 Å². The lowest BCUT2D eigenvalue weighted by Gasteiger charge is -2.45. The lowest BCUT2D eigenvalue weighted by Crippen LogP contribution is -2.48. The van der Waals surface area contributed by atoms with Gasteiger partial charge in [0.15, 0.2) is 0 Å². The van der Waals surface area contributed by atoms with Gasteiger partial charge in [0.1, 0.15) is 0 Å². The second kappa shape index (κ2) is 7.11. The van der Waals surface area contributed by atoms with Crippen molar-refractivity contribution in [1.82, 2.24) is 4.90 Å². The van der Waals surface area contributed by atoms with Crippen LogP contribution in [0.3, 0.4) is 0 Å². The molecular weight excluding hydrogens is 260 g/mol. The van der Waals surface area contributed by atoms with Crippen molar-refractivity contribution < 1.29 is 5.11 Å².